The summed E-state index contributed by atoms with van der Waals surface area (Å²) in [6, 6.07) is 17.5. The van der Waals surface area contributed by atoms with Crippen LogP contribution in [0.4, 0.5) is 0 Å². The van der Waals surface area contributed by atoms with E-state index in [4.69, 9.17) is 0 Å². The van der Waals surface area contributed by atoms with E-state index in [1.54, 1.807) is 0 Å². The van der Waals surface area contributed by atoms with Gasteiger partial charge in [-0.25, -0.2) is 12.1 Å². The van der Waals surface area contributed by atoms with Gasteiger partial charge in [-0.3, -0.25) is 0 Å². The van der Waals surface area contributed by atoms with Gasteiger partial charge in [-0.1, -0.05) is 79.1 Å². The van der Waals surface area contributed by atoms with E-state index in [-0.39, 0.29) is 37.6 Å². The second-order valence-corrected chi connectivity index (χ2v) is 14.0. The van der Waals surface area contributed by atoms with Crippen molar-refractivity contribution in [3.63, 3.8) is 0 Å². The molecular formula is C30H52P2Ti-6. The molecule has 0 heterocycles. The van der Waals surface area contributed by atoms with Crippen molar-refractivity contribution in [3.05, 3.63) is 48.5 Å². The zero-order chi connectivity index (χ0) is 23.3. The van der Waals surface area contributed by atoms with Crippen LogP contribution in [0.15, 0.2) is 48.5 Å². The molecule has 0 radical (unpaired) electrons. The normalized spacial score (nSPS) is 10.8. The van der Waals surface area contributed by atoms with Gasteiger partial charge >= 0.3 is 0 Å². The predicted octanol–water partition coefficient (Wildman–Crippen LogP) is 9.78. The third-order valence-electron chi connectivity index (χ3n) is 6.13. The Labute approximate surface area is 225 Å². The van der Waals surface area contributed by atoms with Gasteiger partial charge in [0, 0.05) is 21.7 Å². The minimum atomic E-state index is 0. The quantitative estimate of drug-likeness (QED) is 0.0791. The molecule has 0 saturated heterocycles. The first-order valence-electron chi connectivity index (χ1n) is 13.7. The summed E-state index contributed by atoms with van der Waals surface area (Å²) < 4.78 is 0. The minimum Gasteiger partial charge on any atom is -0.748 e. The molecule has 3 heteroatoms. The maximum Gasteiger partial charge on any atom is 0 e. The molecule has 2 aromatic rings. The summed E-state index contributed by atoms with van der Waals surface area (Å²) in [4.78, 5) is 0. The first-order valence-corrected chi connectivity index (χ1v) is 17.1. The van der Waals surface area contributed by atoms with Crippen molar-refractivity contribution in [1.82, 2.24) is 0 Å². The van der Waals surface area contributed by atoms with Crippen LogP contribution < -0.4 is 10.6 Å². The van der Waals surface area contributed by atoms with E-state index < -0.39 is 0 Å². The Kier molecular flexibility index (Phi) is 24.2. The van der Waals surface area contributed by atoms with Crippen LogP contribution in [0.25, 0.3) is 0 Å². The molecule has 0 saturated carbocycles. The summed E-state index contributed by atoms with van der Waals surface area (Å²) in [6.45, 7) is 9.37. The molecule has 0 spiro atoms. The van der Waals surface area contributed by atoms with Crippen molar-refractivity contribution >= 4 is 26.5 Å². The molecule has 0 aliphatic carbocycles. The van der Waals surface area contributed by atoms with Crippen LogP contribution >= 0.6 is 15.8 Å². The first kappa shape index (κ1) is 33.3. The van der Waals surface area contributed by atoms with E-state index in [0.29, 0.717) is 0 Å². The number of unbranched alkanes of at least 4 members (excludes halogenated alkanes) is 8. The van der Waals surface area contributed by atoms with Gasteiger partial charge in [0.25, 0.3) is 0 Å². The van der Waals surface area contributed by atoms with E-state index >= 15 is 0 Å². The molecule has 0 fully saturated rings. The molecule has 2 rings (SSSR count). The second kappa shape index (κ2) is 24.0. The van der Waals surface area contributed by atoms with Gasteiger partial charge in [0.2, 0.25) is 0 Å². The van der Waals surface area contributed by atoms with Crippen LogP contribution in [-0.4, -0.2) is 24.6 Å². The van der Waals surface area contributed by atoms with Gasteiger partial charge in [-0.05, 0) is 50.3 Å². The summed E-state index contributed by atoms with van der Waals surface area (Å²) in [5.41, 5.74) is 0. The molecule has 0 amide bonds. The molecule has 0 bridgehead atoms. The van der Waals surface area contributed by atoms with E-state index in [2.05, 4.69) is 45.9 Å². The summed E-state index contributed by atoms with van der Waals surface area (Å²) in [5.74, 6) is 0. The van der Waals surface area contributed by atoms with Crippen LogP contribution in [0.2, 0.25) is 0 Å². The van der Waals surface area contributed by atoms with E-state index in [1.807, 2.05) is 40.9 Å². The van der Waals surface area contributed by atoms with Crippen LogP contribution in [-0.2, 0) is 21.7 Å². The number of hydrogen-bond acceptors (Lipinski definition) is 0. The van der Waals surface area contributed by atoms with Crippen LogP contribution in [0, 0.1) is 0 Å². The molecule has 192 valence electrons. The standard InChI is InChI=1S/C25H47P2.C5H5.Ti/c1-5-9-13-20-26(21-14-10-6-2)24-18-17-19-25(24)27(22-15-11-7-3)23-16-12-8-4;1-2-4-5-3-1;/h17-19H,5-16,20-23H2,1-4H3;1-5H;/q-1;-5;. The molecule has 0 nitrogen and oxygen atoms in total. The third kappa shape index (κ3) is 15.8. The van der Waals surface area contributed by atoms with Crippen LogP contribution in [0.1, 0.15) is 105 Å². The van der Waals surface area contributed by atoms with E-state index in [9.17, 15) is 0 Å². The molecular weight excluding hydrogens is 470 g/mol. The van der Waals surface area contributed by atoms with Gasteiger partial charge in [0.1, 0.15) is 0 Å². The third-order valence-corrected chi connectivity index (χ3v) is 11.9. The molecule has 0 unspecified atom stereocenters. The molecule has 0 aromatic heterocycles. The van der Waals surface area contributed by atoms with Crippen molar-refractivity contribution < 1.29 is 21.7 Å². The fourth-order valence-electron chi connectivity index (χ4n) is 4.17. The SMILES string of the molecule is CCCCCP(CCCCC)c1ccc[c-]1P(CCCCC)CCCCC.[Ti].[cH-]1[cH-][cH-][cH-][cH-]1. The molecule has 0 aliphatic heterocycles. The van der Waals surface area contributed by atoms with Crippen molar-refractivity contribution in [1.29, 1.82) is 0 Å². The molecule has 2 aromatic carbocycles. The fourth-order valence-corrected chi connectivity index (χ4v) is 10.2. The van der Waals surface area contributed by atoms with Gasteiger partial charge in [-0.2, -0.15) is 6.07 Å². The van der Waals surface area contributed by atoms with E-state index in [0.717, 1.165) is 0 Å². The first-order chi connectivity index (χ1) is 15.8. The van der Waals surface area contributed by atoms with Crippen molar-refractivity contribution in [2.45, 2.75) is 105 Å². The Morgan fingerprint density at radius 3 is 1.39 bits per heavy atom. The predicted molar refractivity (Wildman–Crippen MR) is 155 cm³/mol. The fraction of sp³-hybridized carbons (Fsp3) is 0.667. The van der Waals surface area contributed by atoms with E-state index in [1.165, 1.54) is 102 Å². The minimum absolute atomic E-state index is 0. The van der Waals surface area contributed by atoms with Crippen molar-refractivity contribution in [3.8, 4) is 0 Å². The maximum absolute atomic E-state index is 2.54. The Bertz CT molecular complexity index is 529. The Balaban J connectivity index is 0.00000150. The average molecular weight is 523 g/mol. The summed E-state index contributed by atoms with van der Waals surface area (Å²) >= 11 is 0. The molecule has 0 aliphatic rings. The van der Waals surface area contributed by atoms with Gasteiger partial charge in [0.05, 0.1) is 0 Å². The molecule has 33 heavy (non-hydrogen) atoms. The van der Waals surface area contributed by atoms with Crippen molar-refractivity contribution in [2.75, 3.05) is 24.6 Å². The second-order valence-electron chi connectivity index (χ2n) is 9.06. The number of hydrogen-bond donors (Lipinski definition) is 0. The topological polar surface area (TPSA) is 0 Å². The van der Waals surface area contributed by atoms with Gasteiger partial charge in [0.15, 0.2) is 0 Å². The van der Waals surface area contributed by atoms with Crippen LogP contribution in [0.3, 0.4) is 0 Å². The molecule has 0 N–H and O–H groups in total. The Morgan fingerprint density at radius 1 is 0.606 bits per heavy atom. The Hall–Kier alpha value is 0.274. The van der Waals surface area contributed by atoms with Gasteiger partial charge in [-0.15, -0.1) is 26.5 Å². The van der Waals surface area contributed by atoms with Crippen molar-refractivity contribution in [2.24, 2.45) is 0 Å². The summed E-state index contributed by atoms with van der Waals surface area (Å²) in [5, 5.41) is 3.66. The zero-order valence-corrected chi connectivity index (χ0v) is 25.7. The maximum atomic E-state index is 2.54. The smallest absolute Gasteiger partial charge is 0 e. The average Bonchev–Trinajstić information content (AvgIpc) is 3.53. The van der Waals surface area contributed by atoms with Crippen LogP contribution in [0.5, 0.6) is 0 Å². The largest absolute Gasteiger partial charge is 0.748 e. The number of rotatable bonds is 18. The summed E-state index contributed by atoms with van der Waals surface area (Å²) in [6.07, 6.45) is 22.8. The summed E-state index contributed by atoms with van der Waals surface area (Å²) in [7, 11) is 0.168. The zero-order valence-electron chi connectivity index (χ0n) is 22.3. The monoisotopic (exact) mass is 522 g/mol. The van der Waals surface area contributed by atoms with Gasteiger partial charge < -0.3 is 30.3 Å². The Morgan fingerprint density at radius 2 is 1.00 bits per heavy atom. The molecule has 0 atom stereocenters.